The number of methoxy groups -OCH3 is 1. The summed E-state index contributed by atoms with van der Waals surface area (Å²) < 4.78 is 51.0. The molecular weight excluding hydrogens is 503 g/mol. The van der Waals surface area contributed by atoms with Gasteiger partial charge in [0.25, 0.3) is 5.91 Å². The molecule has 1 aliphatic carbocycles. The number of nitrogens with zero attached hydrogens (tertiary/aromatic N) is 1. The van der Waals surface area contributed by atoms with E-state index >= 15 is 0 Å². The zero-order chi connectivity index (χ0) is 27.5. The van der Waals surface area contributed by atoms with E-state index in [1.807, 2.05) is 0 Å². The third kappa shape index (κ3) is 6.23. The summed E-state index contributed by atoms with van der Waals surface area (Å²) >= 11 is 0. The van der Waals surface area contributed by atoms with Crippen LogP contribution < -0.4 is 20.1 Å². The van der Waals surface area contributed by atoms with E-state index in [0.29, 0.717) is 29.8 Å². The fraction of sp³-hybridized carbons (Fsp3) is 0.296. The molecule has 2 aromatic carbocycles. The molecule has 1 fully saturated rings. The fourth-order valence-corrected chi connectivity index (χ4v) is 3.75. The Balaban J connectivity index is 1.36. The Morgan fingerprint density at radius 1 is 1.11 bits per heavy atom. The van der Waals surface area contributed by atoms with Crippen LogP contribution in [-0.4, -0.2) is 34.6 Å². The number of alkyl halides is 3. The molecule has 11 heteroatoms. The first-order valence-electron chi connectivity index (χ1n) is 11.8. The van der Waals surface area contributed by atoms with E-state index < -0.39 is 35.0 Å². The Bertz CT molecular complexity index is 1320. The van der Waals surface area contributed by atoms with E-state index in [-0.39, 0.29) is 23.8 Å². The maximum atomic E-state index is 13.5. The largest absolute Gasteiger partial charge is 0.497 e. The number of aliphatic hydroxyl groups excluding tert-OH is 1. The topological polar surface area (TPSA) is 110 Å². The Hall–Kier alpha value is -4.12. The lowest BCUT2D eigenvalue weighted by Gasteiger charge is -2.18. The number of carbonyl (C=O) groups excluding carboxylic acids is 2. The van der Waals surface area contributed by atoms with Gasteiger partial charge >= 0.3 is 6.18 Å². The van der Waals surface area contributed by atoms with E-state index in [4.69, 9.17) is 9.47 Å². The van der Waals surface area contributed by atoms with Gasteiger partial charge in [0.2, 0.25) is 5.91 Å². The van der Waals surface area contributed by atoms with Gasteiger partial charge in [-0.2, -0.15) is 13.2 Å². The molecule has 8 nitrogen and oxygen atoms in total. The number of pyridine rings is 1. The maximum Gasteiger partial charge on any atom is 0.419 e. The Morgan fingerprint density at radius 2 is 1.87 bits per heavy atom. The Labute approximate surface area is 216 Å². The van der Waals surface area contributed by atoms with E-state index in [9.17, 15) is 27.9 Å². The summed E-state index contributed by atoms with van der Waals surface area (Å²) in [5, 5.41) is 15.1. The van der Waals surface area contributed by atoms with Crippen LogP contribution >= 0.6 is 0 Å². The second-order valence-corrected chi connectivity index (χ2v) is 8.97. The number of amides is 2. The lowest BCUT2D eigenvalue weighted by molar-refractivity contribution is -0.138. The van der Waals surface area contributed by atoms with Crippen LogP contribution in [-0.2, 0) is 17.5 Å². The van der Waals surface area contributed by atoms with Crippen molar-refractivity contribution in [3.63, 3.8) is 0 Å². The minimum Gasteiger partial charge on any atom is -0.497 e. The SMILES string of the molecule is COc1cccc(C(=O)NC2(C(=O)NCc3ccc(Oc4ccc(C(C)O)cc4C(F)(F)F)cn3)CC2)c1. The summed E-state index contributed by atoms with van der Waals surface area (Å²) in [5.41, 5.74) is -1.09. The molecule has 38 heavy (non-hydrogen) atoms. The highest BCUT2D eigenvalue weighted by Gasteiger charge is 2.51. The lowest BCUT2D eigenvalue weighted by Crippen LogP contribution is -2.48. The van der Waals surface area contributed by atoms with Crippen LogP contribution in [0.15, 0.2) is 60.8 Å². The van der Waals surface area contributed by atoms with Crippen molar-refractivity contribution in [2.45, 2.75) is 44.1 Å². The summed E-state index contributed by atoms with van der Waals surface area (Å²) in [6.45, 7) is 1.42. The molecule has 200 valence electrons. The second-order valence-electron chi connectivity index (χ2n) is 8.97. The summed E-state index contributed by atoms with van der Waals surface area (Å²) in [5.74, 6) is -0.580. The number of rotatable bonds is 9. The van der Waals surface area contributed by atoms with Gasteiger partial charge in [-0.25, -0.2) is 0 Å². The van der Waals surface area contributed by atoms with Crippen LogP contribution in [0.5, 0.6) is 17.2 Å². The molecule has 0 saturated heterocycles. The van der Waals surface area contributed by atoms with Gasteiger partial charge in [0.1, 0.15) is 22.8 Å². The van der Waals surface area contributed by atoms with E-state index in [1.165, 1.54) is 38.4 Å². The van der Waals surface area contributed by atoms with Gasteiger partial charge in [0.15, 0.2) is 0 Å². The molecule has 2 amide bonds. The van der Waals surface area contributed by atoms with Gasteiger partial charge < -0.3 is 25.2 Å². The first-order valence-corrected chi connectivity index (χ1v) is 11.8. The smallest absolute Gasteiger partial charge is 0.419 e. The van der Waals surface area contributed by atoms with Crippen molar-refractivity contribution in [3.05, 3.63) is 83.2 Å². The fourth-order valence-electron chi connectivity index (χ4n) is 3.75. The Morgan fingerprint density at radius 3 is 2.47 bits per heavy atom. The third-order valence-electron chi connectivity index (χ3n) is 6.12. The average molecular weight is 530 g/mol. The first-order chi connectivity index (χ1) is 18.0. The molecule has 3 aromatic rings. The van der Waals surface area contributed by atoms with Gasteiger partial charge in [0, 0.05) is 5.56 Å². The molecule has 0 bridgehead atoms. The molecule has 0 aliphatic heterocycles. The zero-order valence-electron chi connectivity index (χ0n) is 20.6. The van der Waals surface area contributed by atoms with Crippen molar-refractivity contribution in [2.24, 2.45) is 0 Å². The second kappa shape index (κ2) is 10.7. The number of benzene rings is 2. The third-order valence-corrected chi connectivity index (χ3v) is 6.12. The number of halogens is 3. The van der Waals surface area contributed by atoms with Crippen LogP contribution in [0.25, 0.3) is 0 Å². The maximum absolute atomic E-state index is 13.5. The zero-order valence-corrected chi connectivity index (χ0v) is 20.6. The quantitative estimate of drug-likeness (QED) is 0.376. The Kier molecular flexibility index (Phi) is 7.58. The van der Waals surface area contributed by atoms with Gasteiger partial charge in [-0.1, -0.05) is 12.1 Å². The summed E-state index contributed by atoms with van der Waals surface area (Å²) in [6.07, 6.45) is -3.51. The number of carbonyl (C=O) groups is 2. The number of hydrogen-bond acceptors (Lipinski definition) is 6. The minimum atomic E-state index is -4.68. The number of ether oxygens (including phenoxy) is 2. The van der Waals surface area contributed by atoms with Crippen LogP contribution in [0.2, 0.25) is 0 Å². The molecule has 1 heterocycles. The molecule has 1 aliphatic rings. The van der Waals surface area contributed by atoms with Crippen molar-refractivity contribution in [3.8, 4) is 17.2 Å². The van der Waals surface area contributed by atoms with Crippen molar-refractivity contribution >= 4 is 11.8 Å². The highest BCUT2D eigenvalue weighted by Crippen LogP contribution is 2.39. The van der Waals surface area contributed by atoms with E-state index in [1.54, 1.807) is 24.3 Å². The van der Waals surface area contributed by atoms with Gasteiger partial charge in [-0.15, -0.1) is 0 Å². The molecular formula is C27H26F3N3O5. The van der Waals surface area contributed by atoms with Crippen molar-refractivity contribution in [1.82, 2.24) is 15.6 Å². The molecule has 3 N–H and O–H groups in total. The highest BCUT2D eigenvalue weighted by atomic mass is 19.4. The van der Waals surface area contributed by atoms with E-state index in [0.717, 1.165) is 12.1 Å². The molecule has 1 aromatic heterocycles. The van der Waals surface area contributed by atoms with Crippen molar-refractivity contribution < 1.29 is 37.3 Å². The van der Waals surface area contributed by atoms with Gasteiger partial charge in [-0.05, 0) is 67.8 Å². The van der Waals surface area contributed by atoms with Gasteiger partial charge in [-0.3, -0.25) is 14.6 Å². The highest BCUT2D eigenvalue weighted by molar-refractivity contribution is 6.00. The number of nitrogens with one attached hydrogen (secondary N) is 2. The molecule has 1 unspecified atom stereocenters. The van der Waals surface area contributed by atoms with Crippen LogP contribution in [0, 0.1) is 0 Å². The lowest BCUT2D eigenvalue weighted by atomic mass is 10.1. The number of aromatic nitrogens is 1. The first kappa shape index (κ1) is 26.9. The molecule has 0 spiro atoms. The summed E-state index contributed by atoms with van der Waals surface area (Å²) in [7, 11) is 1.50. The monoisotopic (exact) mass is 529 g/mol. The predicted octanol–water partition coefficient (Wildman–Crippen LogP) is 4.53. The number of hydrogen-bond donors (Lipinski definition) is 3. The van der Waals surface area contributed by atoms with Crippen LogP contribution in [0.4, 0.5) is 13.2 Å². The minimum absolute atomic E-state index is 0.0484. The molecule has 1 atom stereocenters. The standard InChI is InChI=1S/C27H26F3N3O5/c1-16(34)17-6-9-23(22(13-17)27(28,29)30)38-21-8-7-19(31-15-21)14-32-25(36)26(10-11-26)33-24(35)18-4-3-5-20(12-18)37-2/h3-9,12-13,15-16,34H,10-11,14H2,1-2H3,(H,32,36)(H,33,35). The molecule has 1 saturated carbocycles. The molecule has 4 rings (SSSR count). The van der Waals surface area contributed by atoms with Crippen LogP contribution in [0.1, 0.15) is 53.0 Å². The van der Waals surface area contributed by atoms with E-state index in [2.05, 4.69) is 15.6 Å². The van der Waals surface area contributed by atoms with Crippen molar-refractivity contribution in [2.75, 3.05) is 7.11 Å². The summed E-state index contributed by atoms with van der Waals surface area (Å²) in [4.78, 5) is 29.5. The summed E-state index contributed by atoms with van der Waals surface area (Å²) in [6, 6.07) is 12.9. The predicted molar refractivity (Wildman–Crippen MR) is 131 cm³/mol. The average Bonchev–Trinajstić information content (AvgIpc) is 3.68. The van der Waals surface area contributed by atoms with Crippen LogP contribution in [0.3, 0.4) is 0 Å². The van der Waals surface area contributed by atoms with Crippen molar-refractivity contribution in [1.29, 1.82) is 0 Å². The number of aliphatic hydroxyl groups is 1. The van der Waals surface area contributed by atoms with Gasteiger partial charge in [0.05, 0.1) is 37.2 Å². The molecule has 0 radical (unpaired) electrons. The normalized spacial score (nSPS) is 14.8.